The molecule has 0 aliphatic carbocycles. The van der Waals surface area contributed by atoms with Crippen molar-refractivity contribution in [1.82, 2.24) is 5.32 Å². The van der Waals surface area contributed by atoms with Crippen LogP contribution in [0.1, 0.15) is 49.1 Å². The van der Waals surface area contributed by atoms with Crippen LogP contribution >= 0.6 is 0 Å². The number of ether oxygens (including phenoxy) is 1. The molecule has 4 aromatic rings. The van der Waals surface area contributed by atoms with Gasteiger partial charge in [0.2, 0.25) is 17.4 Å². The third-order valence-electron chi connectivity index (χ3n) is 7.84. The molecule has 0 atom stereocenters. The lowest BCUT2D eigenvalue weighted by molar-refractivity contribution is -0.676. The van der Waals surface area contributed by atoms with E-state index >= 15 is 0 Å². The number of nitrogens with one attached hydrogen (secondary N) is 1. The maximum absolute atomic E-state index is 12.8. The second kappa shape index (κ2) is 15.1. The first-order valence-corrected chi connectivity index (χ1v) is 16.9. The Balaban J connectivity index is 1.35. The number of amides is 1. The van der Waals surface area contributed by atoms with Gasteiger partial charge in [-0.05, 0) is 61.2 Å². The second-order valence-corrected chi connectivity index (χ2v) is 12.9. The van der Waals surface area contributed by atoms with Gasteiger partial charge in [-0.15, -0.1) is 0 Å². The molecular weight excluding hydrogens is 656 g/mol. The van der Waals surface area contributed by atoms with Crippen LogP contribution in [-0.4, -0.2) is 41.4 Å². The van der Waals surface area contributed by atoms with E-state index in [0.29, 0.717) is 41.6 Å². The highest BCUT2D eigenvalue weighted by molar-refractivity contribution is 7.85. The largest absolute Gasteiger partial charge is 0.481 e. The molecule has 0 saturated carbocycles. The van der Waals surface area contributed by atoms with E-state index < -0.39 is 21.0 Å². The van der Waals surface area contributed by atoms with E-state index in [1.54, 1.807) is 34.9 Å². The second-order valence-electron chi connectivity index (χ2n) is 11.4. The first-order valence-electron chi connectivity index (χ1n) is 15.5. The van der Waals surface area contributed by atoms with E-state index in [9.17, 15) is 32.7 Å². The molecule has 2 heterocycles. The lowest BCUT2D eigenvalue weighted by Crippen LogP contribution is -2.38. The van der Waals surface area contributed by atoms with Crippen molar-refractivity contribution < 1.29 is 46.3 Å². The minimum Gasteiger partial charge on any atom is -0.481 e. The number of carbonyl (C=O) groups excluding carboxylic acids is 1. The number of carbonyl (C=O) groups is 2. The average Bonchev–Trinajstić information content (AvgIpc) is 3.58. The van der Waals surface area contributed by atoms with E-state index in [0.717, 1.165) is 24.1 Å². The van der Waals surface area contributed by atoms with Crippen LogP contribution in [0.5, 0.6) is 5.75 Å². The fourth-order valence-electron chi connectivity index (χ4n) is 5.34. The van der Waals surface area contributed by atoms with Gasteiger partial charge in [-0.3, -0.25) is 24.3 Å². The number of nitro groups is 1. The monoisotopic (exact) mass is 691 g/mol. The Morgan fingerprint density at radius 1 is 1.04 bits per heavy atom. The Kier molecular flexibility index (Phi) is 10.7. The van der Waals surface area contributed by atoms with Crippen molar-refractivity contribution in [3.63, 3.8) is 0 Å². The number of carboxylic acids is 1. The zero-order chi connectivity index (χ0) is 35.1. The zero-order valence-electron chi connectivity index (χ0n) is 26.6. The van der Waals surface area contributed by atoms with Gasteiger partial charge in [0.1, 0.15) is 0 Å². The fraction of sp³-hybridized carbons (Fsp3) is 0.265. The number of nitrogens with zero attached hydrogens (tertiary/aromatic N) is 3. The lowest BCUT2D eigenvalue weighted by Gasteiger charge is -2.18. The van der Waals surface area contributed by atoms with E-state index in [2.05, 4.69) is 5.32 Å². The number of aryl methyl sites for hydroxylation is 2. The number of aromatic nitrogens is 1. The summed E-state index contributed by atoms with van der Waals surface area (Å²) in [5.74, 6) is 0.432. The van der Waals surface area contributed by atoms with Gasteiger partial charge in [0, 0.05) is 43.8 Å². The number of hydrogen-bond donors (Lipinski definition) is 3. The van der Waals surface area contributed by atoms with Gasteiger partial charge in [-0.1, -0.05) is 24.6 Å². The summed E-state index contributed by atoms with van der Waals surface area (Å²) in [7, 11) is -4.49. The summed E-state index contributed by atoms with van der Waals surface area (Å²) in [6.45, 7) is 2.90. The van der Waals surface area contributed by atoms with Gasteiger partial charge in [-0.25, -0.2) is 0 Å². The number of benzene rings is 3. The summed E-state index contributed by atoms with van der Waals surface area (Å²) in [6, 6.07) is 15.7. The van der Waals surface area contributed by atoms with Gasteiger partial charge in [0.05, 0.1) is 28.0 Å². The maximum Gasteiger partial charge on any atom is 0.374 e. The number of oxazole rings is 1. The number of nitro benzene ring substituents is 1. The van der Waals surface area contributed by atoms with Crippen LogP contribution in [0.3, 0.4) is 0 Å². The third kappa shape index (κ3) is 8.88. The molecule has 3 aromatic carbocycles. The molecular formula is C34H35N4O10S+. The predicted molar refractivity (Wildman–Crippen MR) is 178 cm³/mol. The van der Waals surface area contributed by atoms with Crippen LogP contribution < -0.4 is 19.5 Å². The maximum atomic E-state index is 12.8. The van der Waals surface area contributed by atoms with Crippen molar-refractivity contribution in [3.8, 4) is 5.75 Å². The van der Waals surface area contributed by atoms with Crippen molar-refractivity contribution in [2.24, 2.45) is 0 Å². The number of unbranched alkanes of at least 4 members (excludes halogenated alkanes) is 2. The number of allylic oxidation sites excluding steroid dienone is 2. The minimum atomic E-state index is -4.49. The highest BCUT2D eigenvalue weighted by Crippen LogP contribution is 2.39. The number of fused-ring (bicyclic) bond motifs is 2. The molecule has 256 valence electrons. The molecule has 0 fully saturated rings. The molecule has 15 heteroatoms. The number of anilines is 1. The number of aliphatic carboxylic acids is 1. The normalized spacial score (nSPS) is 13.6. The summed E-state index contributed by atoms with van der Waals surface area (Å²) in [4.78, 5) is 35.7. The molecule has 0 spiro atoms. The van der Waals surface area contributed by atoms with Crippen LogP contribution in [0, 0.1) is 17.0 Å². The Hall–Kier alpha value is -5.54. The van der Waals surface area contributed by atoms with Gasteiger partial charge < -0.3 is 24.5 Å². The van der Waals surface area contributed by atoms with Crippen LogP contribution in [-0.2, 0) is 32.8 Å². The van der Waals surface area contributed by atoms with Crippen molar-refractivity contribution >= 4 is 50.5 Å². The fourth-order valence-corrected chi connectivity index (χ4v) is 5.84. The molecule has 0 bridgehead atoms. The first-order chi connectivity index (χ1) is 23.4. The molecule has 0 radical (unpaired) electrons. The van der Waals surface area contributed by atoms with E-state index in [-0.39, 0.29) is 48.0 Å². The average molecular weight is 692 g/mol. The molecule has 5 rings (SSSR count). The summed E-state index contributed by atoms with van der Waals surface area (Å²) >= 11 is 0. The Morgan fingerprint density at radius 3 is 2.53 bits per heavy atom. The Bertz CT molecular complexity index is 2050. The van der Waals surface area contributed by atoms with Crippen LogP contribution in [0.4, 0.5) is 11.4 Å². The quantitative estimate of drug-likeness (QED) is 0.0482. The third-order valence-corrected chi connectivity index (χ3v) is 8.69. The van der Waals surface area contributed by atoms with Crippen LogP contribution in [0.2, 0.25) is 0 Å². The summed E-state index contributed by atoms with van der Waals surface area (Å²) in [5, 5.41) is 22.6. The molecule has 14 nitrogen and oxygen atoms in total. The van der Waals surface area contributed by atoms with Gasteiger partial charge in [-0.2, -0.15) is 13.0 Å². The zero-order valence-corrected chi connectivity index (χ0v) is 27.4. The summed E-state index contributed by atoms with van der Waals surface area (Å²) < 4.78 is 47.0. The first kappa shape index (κ1) is 34.8. The smallest absolute Gasteiger partial charge is 0.374 e. The van der Waals surface area contributed by atoms with Crippen molar-refractivity contribution in [2.45, 2.75) is 57.0 Å². The highest BCUT2D eigenvalue weighted by atomic mass is 32.2. The van der Waals surface area contributed by atoms with E-state index in [1.165, 1.54) is 30.3 Å². The molecule has 1 aliphatic heterocycles. The number of hydrogen-bond acceptors (Lipinski definition) is 9. The SMILES string of the molecule is Cc1ccc2c(c1)O/C(=C\C=C\c1oc3cc(S(=O)(=O)O)ccc3[n+]1CCC(=O)NCc1ccc([N+](=O)[O-])cc1)N2CCCCCC(=O)O. The molecule has 0 saturated heterocycles. The Morgan fingerprint density at radius 2 is 1.82 bits per heavy atom. The topological polar surface area (TPSA) is 193 Å². The molecule has 1 aromatic heterocycles. The van der Waals surface area contributed by atoms with Gasteiger partial charge in [0.25, 0.3) is 21.3 Å². The molecule has 3 N–H and O–H groups in total. The predicted octanol–water partition coefficient (Wildman–Crippen LogP) is 5.29. The van der Waals surface area contributed by atoms with Gasteiger partial charge >= 0.3 is 11.9 Å². The van der Waals surface area contributed by atoms with Crippen molar-refractivity contribution in [1.29, 1.82) is 0 Å². The lowest BCUT2D eigenvalue weighted by atomic mass is 10.1. The van der Waals surface area contributed by atoms with Crippen molar-refractivity contribution in [2.75, 3.05) is 11.4 Å². The number of non-ortho nitro benzene ring substituents is 1. The molecule has 0 unspecified atom stereocenters. The molecule has 1 aliphatic rings. The standard InChI is InChI=1S/C34H34N4O10S/c1-23-9-15-27-29(20-23)47-32(36(27)18-4-2-3-8-34(40)41)6-5-7-33-37(28-16-14-26(49(44,45)46)21-30(28)48-33)19-17-31(39)35-22-24-10-12-25(13-11-24)38(42)43/h5-7,9-16,20-21H,2-4,8,17-19,22H2,1H3,(H2-,35,39,40,41,44,45,46)/p+1. The summed E-state index contributed by atoms with van der Waals surface area (Å²) in [6.07, 6.45) is 7.31. The highest BCUT2D eigenvalue weighted by Gasteiger charge is 2.27. The number of rotatable bonds is 15. The molecule has 49 heavy (non-hydrogen) atoms. The van der Waals surface area contributed by atoms with Crippen molar-refractivity contribution in [3.05, 3.63) is 106 Å². The van der Waals surface area contributed by atoms with Crippen LogP contribution in [0.15, 0.2) is 88.0 Å². The Labute approximate surface area is 281 Å². The number of carboxylic acid groups (broad SMARTS) is 1. The van der Waals surface area contributed by atoms with E-state index in [1.807, 2.05) is 30.0 Å². The van der Waals surface area contributed by atoms with E-state index in [4.69, 9.17) is 14.3 Å². The van der Waals surface area contributed by atoms with Gasteiger partial charge in [0.15, 0.2) is 12.3 Å². The van der Waals surface area contributed by atoms with Crippen LogP contribution in [0.25, 0.3) is 17.2 Å². The molecule has 1 amide bonds. The minimum absolute atomic E-state index is 0.0295. The summed E-state index contributed by atoms with van der Waals surface area (Å²) in [5.41, 5.74) is 3.23.